The van der Waals surface area contributed by atoms with Crippen LogP contribution in [0.2, 0.25) is 0 Å². The number of para-hydroxylation sites is 1. The largest absolute Gasteiger partial charge is 0.493 e. The minimum absolute atomic E-state index is 0.485. The molecular weight excluding hydrogens is 380 g/mol. The Morgan fingerprint density at radius 3 is 2.40 bits per heavy atom. The second-order valence-electron chi connectivity index (χ2n) is 6.77. The summed E-state index contributed by atoms with van der Waals surface area (Å²) in [5, 5.41) is 7.97. The van der Waals surface area contributed by atoms with E-state index in [-0.39, 0.29) is 0 Å². The van der Waals surface area contributed by atoms with Crippen molar-refractivity contribution in [1.82, 2.24) is 15.6 Å². The number of aromatic amines is 1. The minimum atomic E-state index is 0.485. The van der Waals surface area contributed by atoms with Gasteiger partial charge in [-0.3, -0.25) is 0 Å². The van der Waals surface area contributed by atoms with Crippen LogP contribution in [0.25, 0.3) is 10.9 Å². The van der Waals surface area contributed by atoms with Gasteiger partial charge in [-0.05, 0) is 42.7 Å². The number of guanidine groups is 1. The fraction of sp³-hybridized carbons (Fsp3) is 0.348. The maximum Gasteiger partial charge on any atom is 0.203 e. The van der Waals surface area contributed by atoms with E-state index in [1.165, 1.54) is 10.9 Å². The number of fused-ring (bicyclic) bond motifs is 1. The van der Waals surface area contributed by atoms with Crippen molar-refractivity contribution < 1.29 is 14.2 Å². The standard InChI is InChI=1S/C23H30N4O3/c1-5-24-23(25-11-10-17-15-26-19-9-7-6-8-18(17)19)27-14-16-12-20(28-2)22(30-4)21(13-16)29-3/h6-9,12-13,15,26H,5,10-11,14H2,1-4H3,(H2,24,25,27). The molecule has 3 aromatic rings. The highest BCUT2D eigenvalue weighted by molar-refractivity contribution is 5.83. The lowest BCUT2D eigenvalue weighted by atomic mass is 10.1. The number of H-pyrrole nitrogens is 1. The molecule has 3 N–H and O–H groups in total. The smallest absolute Gasteiger partial charge is 0.203 e. The fourth-order valence-corrected chi connectivity index (χ4v) is 3.39. The lowest BCUT2D eigenvalue weighted by Crippen LogP contribution is -2.38. The Kier molecular flexibility index (Phi) is 7.43. The lowest BCUT2D eigenvalue weighted by Gasteiger charge is -2.14. The molecule has 0 radical (unpaired) electrons. The molecule has 30 heavy (non-hydrogen) atoms. The summed E-state index contributed by atoms with van der Waals surface area (Å²) in [4.78, 5) is 8.03. The topological polar surface area (TPSA) is 79.9 Å². The van der Waals surface area contributed by atoms with E-state index in [2.05, 4.69) is 46.9 Å². The van der Waals surface area contributed by atoms with Crippen LogP contribution in [0.15, 0.2) is 47.6 Å². The van der Waals surface area contributed by atoms with Gasteiger partial charge in [-0.25, -0.2) is 4.99 Å². The first kappa shape index (κ1) is 21.4. The van der Waals surface area contributed by atoms with Crippen LogP contribution in [0.5, 0.6) is 17.2 Å². The van der Waals surface area contributed by atoms with Gasteiger partial charge in [0, 0.05) is 30.2 Å². The van der Waals surface area contributed by atoms with Crippen molar-refractivity contribution in [2.45, 2.75) is 19.9 Å². The Balaban J connectivity index is 1.67. The Labute approximate surface area is 177 Å². The average Bonchev–Trinajstić information content (AvgIpc) is 3.19. The number of benzene rings is 2. The quantitative estimate of drug-likeness (QED) is 0.372. The molecule has 1 heterocycles. The van der Waals surface area contributed by atoms with Crippen molar-refractivity contribution in [1.29, 1.82) is 0 Å². The van der Waals surface area contributed by atoms with E-state index in [1.807, 2.05) is 18.2 Å². The van der Waals surface area contributed by atoms with Crippen LogP contribution in [-0.4, -0.2) is 45.4 Å². The molecule has 0 unspecified atom stereocenters. The SMILES string of the molecule is CCNC(=NCc1cc(OC)c(OC)c(OC)c1)NCCc1c[nH]c2ccccc12. The molecule has 0 amide bonds. The van der Waals surface area contributed by atoms with E-state index >= 15 is 0 Å². The van der Waals surface area contributed by atoms with Gasteiger partial charge in [-0.15, -0.1) is 0 Å². The number of nitrogens with zero attached hydrogens (tertiary/aromatic N) is 1. The van der Waals surface area contributed by atoms with Gasteiger partial charge in [-0.1, -0.05) is 18.2 Å². The van der Waals surface area contributed by atoms with E-state index in [0.717, 1.165) is 36.6 Å². The molecule has 3 rings (SSSR count). The predicted octanol–water partition coefficient (Wildman–Crippen LogP) is 3.49. The number of methoxy groups -OCH3 is 3. The molecule has 0 fully saturated rings. The molecule has 0 aliphatic carbocycles. The van der Waals surface area contributed by atoms with Gasteiger partial charge in [0.2, 0.25) is 5.75 Å². The van der Waals surface area contributed by atoms with Crippen LogP contribution in [-0.2, 0) is 13.0 Å². The van der Waals surface area contributed by atoms with Gasteiger partial charge in [0.05, 0.1) is 27.9 Å². The summed E-state index contributed by atoms with van der Waals surface area (Å²) in [5.74, 6) is 2.60. The van der Waals surface area contributed by atoms with Crippen molar-refractivity contribution in [3.8, 4) is 17.2 Å². The van der Waals surface area contributed by atoms with E-state index in [4.69, 9.17) is 19.2 Å². The van der Waals surface area contributed by atoms with Crippen molar-refractivity contribution >= 4 is 16.9 Å². The Hall–Kier alpha value is -3.35. The molecular formula is C23H30N4O3. The number of nitrogens with one attached hydrogen (secondary N) is 3. The third kappa shape index (κ3) is 4.97. The molecule has 7 nitrogen and oxygen atoms in total. The molecule has 0 spiro atoms. The van der Waals surface area contributed by atoms with Crippen LogP contribution >= 0.6 is 0 Å². The highest BCUT2D eigenvalue weighted by Gasteiger charge is 2.13. The van der Waals surface area contributed by atoms with Crippen molar-refractivity contribution in [3.05, 3.63) is 53.7 Å². The van der Waals surface area contributed by atoms with Crippen molar-refractivity contribution in [3.63, 3.8) is 0 Å². The summed E-state index contributed by atoms with van der Waals surface area (Å²) in [6.07, 6.45) is 2.98. The lowest BCUT2D eigenvalue weighted by molar-refractivity contribution is 0.324. The normalized spacial score (nSPS) is 11.4. The molecule has 0 atom stereocenters. The molecule has 0 aliphatic heterocycles. The highest BCUT2D eigenvalue weighted by Crippen LogP contribution is 2.38. The second-order valence-corrected chi connectivity index (χ2v) is 6.77. The Morgan fingerprint density at radius 2 is 1.73 bits per heavy atom. The summed E-state index contributed by atoms with van der Waals surface area (Å²) in [6, 6.07) is 12.2. The van der Waals surface area contributed by atoms with E-state index in [1.54, 1.807) is 21.3 Å². The first-order chi connectivity index (χ1) is 14.7. The summed E-state index contributed by atoms with van der Waals surface area (Å²) in [7, 11) is 4.82. The Bertz CT molecular complexity index is 972. The van der Waals surface area contributed by atoms with E-state index in [0.29, 0.717) is 23.8 Å². The van der Waals surface area contributed by atoms with Crippen LogP contribution in [0, 0.1) is 0 Å². The zero-order valence-electron chi connectivity index (χ0n) is 18.0. The maximum atomic E-state index is 5.43. The molecule has 2 aromatic carbocycles. The number of rotatable bonds is 9. The summed E-state index contributed by atoms with van der Waals surface area (Å²) in [6.45, 7) is 4.10. The zero-order chi connectivity index (χ0) is 21.3. The van der Waals surface area contributed by atoms with Gasteiger partial charge >= 0.3 is 0 Å². The molecule has 160 valence electrons. The van der Waals surface area contributed by atoms with Gasteiger partial charge in [0.15, 0.2) is 17.5 Å². The molecule has 0 saturated heterocycles. The average molecular weight is 411 g/mol. The van der Waals surface area contributed by atoms with Crippen molar-refractivity contribution in [2.24, 2.45) is 4.99 Å². The number of aliphatic imine (C=N–C) groups is 1. The third-order valence-electron chi connectivity index (χ3n) is 4.85. The number of aromatic nitrogens is 1. The molecule has 1 aromatic heterocycles. The highest BCUT2D eigenvalue weighted by atomic mass is 16.5. The summed E-state index contributed by atoms with van der Waals surface area (Å²) in [5.41, 5.74) is 3.42. The van der Waals surface area contributed by atoms with E-state index in [9.17, 15) is 0 Å². The summed E-state index contributed by atoms with van der Waals surface area (Å²) < 4.78 is 16.2. The Morgan fingerprint density at radius 1 is 1.00 bits per heavy atom. The minimum Gasteiger partial charge on any atom is -0.493 e. The number of hydrogen-bond acceptors (Lipinski definition) is 4. The van der Waals surface area contributed by atoms with E-state index < -0.39 is 0 Å². The fourth-order valence-electron chi connectivity index (χ4n) is 3.39. The zero-order valence-corrected chi connectivity index (χ0v) is 18.0. The maximum absolute atomic E-state index is 5.43. The van der Waals surface area contributed by atoms with Crippen LogP contribution in [0.3, 0.4) is 0 Å². The molecule has 0 bridgehead atoms. The van der Waals surface area contributed by atoms with Crippen molar-refractivity contribution in [2.75, 3.05) is 34.4 Å². The monoisotopic (exact) mass is 410 g/mol. The molecule has 0 saturated carbocycles. The van der Waals surface area contributed by atoms with Crippen LogP contribution < -0.4 is 24.8 Å². The third-order valence-corrected chi connectivity index (χ3v) is 4.85. The second kappa shape index (κ2) is 10.4. The van der Waals surface area contributed by atoms with Gasteiger partial charge in [-0.2, -0.15) is 0 Å². The van der Waals surface area contributed by atoms with Gasteiger partial charge in [0.1, 0.15) is 0 Å². The van der Waals surface area contributed by atoms with Crippen LogP contribution in [0.1, 0.15) is 18.1 Å². The van der Waals surface area contributed by atoms with Gasteiger partial charge < -0.3 is 29.8 Å². The first-order valence-electron chi connectivity index (χ1n) is 10.1. The van der Waals surface area contributed by atoms with Crippen LogP contribution in [0.4, 0.5) is 0 Å². The summed E-state index contributed by atoms with van der Waals surface area (Å²) >= 11 is 0. The predicted molar refractivity (Wildman–Crippen MR) is 121 cm³/mol. The number of hydrogen-bond donors (Lipinski definition) is 3. The van der Waals surface area contributed by atoms with Gasteiger partial charge in [0.25, 0.3) is 0 Å². The molecule has 0 aliphatic rings. The first-order valence-corrected chi connectivity index (χ1v) is 10.1. The number of ether oxygens (including phenoxy) is 3. The molecule has 7 heteroatoms.